The molecular formula is C21H23N3OS. The third-order valence-electron chi connectivity index (χ3n) is 5.25. The molecule has 134 valence electrons. The number of carbonyl (C=O) groups excluding carboxylic acids is 1. The van der Waals surface area contributed by atoms with Crippen molar-refractivity contribution in [2.75, 3.05) is 18.4 Å². The topological polar surface area (TPSA) is 45.2 Å². The molecule has 0 bridgehead atoms. The first-order chi connectivity index (χ1) is 12.6. The van der Waals surface area contributed by atoms with Crippen LogP contribution in [0.2, 0.25) is 0 Å². The van der Waals surface area contributed by atoms with Crippen molar-refractivity contribution in [3.05, 3.63) is 58.6 Å². The Bertz CT molecular complexity index is 949. The third-order valence-corrected chi connectivity index (χ3v) is 6.06. The van der Waals surface area contributed by atoms with E-state index in [1.54, 1.807) is 18.3 Å². The number of thiazole rings is 1. The number of hydrogen-bond acceptors (Lipinski definition) is 4. The first kappa shape index (κ1) is 17.2. The van der Waals surface area contributed by atoms with Gasteiger partial charge in [-0.2, -0.15) is 0 Å². The normalized spacial score (nSPS) is 16.1. The molecular weight excluding hydrogens is 342 g/mol. The number of anilines is 1. The number of rotatable bonds is 3. The van der Waals surface area contributed by atoms with Crippen molar-refractivity contribution in [2.24, 2.45) is 0 Å². The van der Waals surface area contributed by atoms with E-state index in [0.717, 1.165) is 37.1 Å². The molecule has 4 rings (SSSR count). The second-order valence-electron chi connectivity index (χ2n) is 6.96. The Hall–Kier alpha value is -2.24. The van der Waals surface area contributed by atoms with Gasteiger partial charge in [-0.3, -0.25) is 9.69 Å². The molecule has 0 fully saturated rings. The summed E-state index contributed by atoms with van der Waals surface area (Å²) in [5.41, 5.74) is 7.97. The standard InChI is InChI=1S/C21H23N3OS/c1-14(17-4-6-21-20(12-17)22-13-26-21)24-9-7-16-3-5-19(23-15(2)25)11-18(16)8-10-24/h3-6,11-14H,7-10H2,1-2H3,(H,23,25)/t14-/m1/s1. The van der Waals surface area contributed by atoms with Crippen LogP contribution in [0.5, 0.6) is 0 Å². The number of carbonyl (C=O) groups is 1. The molecule has 1 N–H and O–H groups in total. The van der Waals surface area contributed by atoms with Crippen LogP contribution in [0.25, 0.3) is 10.2 Å². The lowest BCUT2D eigenvalue weighted by molar-refractivity contribution is -0.114. The summed E-state index contributed by atoms with van der Waals surface area (Å²) in [4.78, 5) is 18.3. The second-order valence-corrected chi connectivity index (χ2v) is 7.84. The smallest absolute Gasteiger partial charge is 0.221 e. The average Bonchev–Trinajstić information content (AvgIpc) is 2.99. The minimum atomic E-state index is -0.0220. The van der Waals surface area contributed by atoms with Crippen molar-refractivity contribution in [3.8, 4) is 0 Å². The van der Waals surface area contributed by atoms with E-state index in [0.29, 0.717) is 6.04 Å². The van der Waals surface area contributed by atoms with Gasteiger partial charge in [-0.05, 0) is 60.7 Å². The fourth-order valence-corrected chi connectivity index (χ4v) is 4.42. The first-order valence-electron chi connectivity index (χ1n) is 9.07. The average molecular weight is 366 g/mol. The predicted molar refractivity (Wildman–Crippen MR) is 108 cm³/mol. The van der Waals surface area contributed by atoms with Gasteiger partial charge in [0.2, 0.25) is 5.91 Å². The van der Waals surface area contributed by atoms with Gasteiger partial charge in [-0.25, -0.2) is 4.98 Å². The van der Waals surface area contributed by atoms with E-state index in [-0.39, 0.29) is 5.91 Å². The van der Waals surface area contributed by atoms with Gasteiger partial charge in [0.1, 0.15) is 0 Å². The van der Waals surface area contributed by atoms with Gasteiger partial charge >= 0.3 is 0 Å². The van der Waals surface area contributed by atoms with E-state index in [9.17, 15) is 4.79 Å². The van der Waals surface area contributed by atoms with Crippen molar-refractivity contribution in [1.29, 1.82) is 0 Å². The molecule has 0 saturated heterocycles. The molecule has 1 atom stereocenters. The lowest BCUT2D eigenvalue weighted by Crippen LogP contribution is -2.29. The molecule has 2 aromatic carbocycles. The van der Waals surface area contributed by atoms with E-state index < -0.39 is 0 Å². The monoisotopic (exact) mass is 365 g/mol. The Balaban J connectivity index is 1.51. The fraction of sp³-hybridized carbons (Fsp3) is 0.333. The van der Waals surface area contributed by atoms with Gasteiger partial charge in [-0.1, -0.05) is 12.1 Å². The van der Waals surface area contributed by atoms with Gasteiger partial charge in [0.15, 0.2) is 0 Å². The summed E-state index contributed by atoms with van der Waals surface area (Å²) in [7, 11) is 0. The van der Waals surface area contributed by atoms with Crippen LogP contribution in [0.15, 0.2) is 41.9 Å². The van der Waals surface area contributed by atoms with Crippen LogP contribution in [0.4, 0.5) is 5.69 Å². The molecule has 1 amide bonds. The highest BCUT2D eigenvalue weighted by Gasteiger charge is 2.20. The molecule has 1 aliphatic heterocycles. The van der Waals surface area contributed by atoms with Gasteiger partial charge in [-0.15, -0.1) is 11.3 Å². The number of fused-ring (bicyclic) bond motifs is 2. The molecule has 1 aromatic heterocycles. The predicted octanol–water partition coefficient (Wildman–Crippen LogP) is 4.42. The van der Waals surface area contributed by atoms with Crippen LogP contribution in [0.3, 0.4) is 0 Å². The summed E-state index contributed by atoms with van der Waals surface area (Å²) in [6.45, 7) is 5.90. The SMILES string of the molecule is CC(=O)Nc1ccc2c(c1)CCN([C@H](C)c1ccc3scnc3c1)CC2. The summed E-state index contributed by atoms with van der Waals surface area (Å²) in [6, 6.07) is 13.3. The van der Waals surface area contributed by atoms with E-state index >= 15 is 0 Å². The highest BCUT2D eigenvalue weighted by atomic mass is 32.1. The van der Waals surface area contributed by atoms with Crippen molar-refractivity contribution < 1.29 is 4.79 Å². The largest absolute Gasteiger partial charge is 0.326 e. The maximum Gasteiger partial charge on any atom is 0.221 e. The lowest BCUT2D eigenvalue weighted by Gasteiger charge is -2.28. The van der Waals surface area contributed by atoms with Crippen molar-refractivity contribution in [1.82, 2.24) is 9.88 Å². The van der Waals surface area contributed by atoms with Crippen LogP contribution in [0.1, 0.15) is 36.6 Å². The summed E-state index contributed by atoms with van der Waals surface area (Å²) < 4.78 is 1.25. The minimum absolute atomic E-state index is 0.0220. The van der Waals surface area contributed by atoms with Gasteiger partial charge in [0, 0.05) is 31.7 Å². The number of aromatic nitrogens is 1. The highest BCUT2D eigenvalue weighted by molar-refractivity contribution is 7.16. The molecule has 1 aliphatic rings. The quantitative estimate of drug-likeness (QED) is 0.747. The Labute approximate surface area is 157 Å². The van der Waals surface area contributed by atoms with E-state index in [4.69, 9.17) is 0 Å². The summed E-state index contributed by atoms with van der Waals surface area (Å²) >= 11 is 1.69. The minimum Gasteiger partial charge on any atom is -0.326 e. The first-order valence-corrected chi connectivity index (χ1v) is 9.95. The number of nitrogens with one attached hydrogen (secondary N) is 1. The van der Waals surface area contributed by atoms with E-state index in [2.05, 4.69) is 52.5 Å². The van der Waals surface area contributed by atoms with Crippen LogP contribution >= 0.6 is 11.3 Å². The zero-order chi connectivity index (χ0) is 18.1. The number of benzene rings is 2. The number of hydrogen-bond donors (Lipinski definition) is 1. The fourth-order valence-electron chi connectivity index (χ4n) is 3.76. The molecule has 4 nitrogen and oxygen atoms in total. The number of amides is 1. The molecule has 0 aliphatic carbocycles. The zero-order valence-corrected chi connectivity index (χ0v) is 16.0. The van der Waals surface area contributed by atoms with E-state index in [1.807, 2.05) is 11.6 Å². The summed E-state index contributed by atoms with van der Waals surface area (Å²) in [6.07, 6.45) is 2.05. The molecule has 26 heavy (non-hydrogen) atoms. The Kier molecular flexibility index (Phi) is 4.74. The van der Waals surface area contributed by atoms with Crippen LogP contribution < -0.4 is 5.32 Å². The van der Waals surface area contributed by atoms with Gasteiger partial charge in [0.05, 0.1) is 15.7 Å². The molecule has 3 aromatic rings. The maximum absolute atomic E-state index is 11.3. The van der Waals surface area contributed by atoms with Gasteiger partial charge in [0.25, 0.3) is 0 Å². The van der Waals surface area contributed by atoms with Crippen LogP contribution in [-0.2, 0) is 17.6 Å². The van der Waals surface area contributed by atoms with Crippen molar-refractivity contribution in [2.45, 2.75) is 32.7 Å². The van der Waals surface area contributed by atoms with E-state index in [1.165, 1.54) is 21.4 Å². The Morgan fingerprint density at radius 3 is 2.77 bits per heavy atom. The number of nitrogens with zero attached hydrogens (tertiary/aromatic N) is 2. The van der Waals surface area contributed by atoms with Crippen LogP contribution in [0, 0.1) is 0 Å². The molecule has 5 heteroatoms. The molecule has 0 saturated carbocycles. The lowest BCUT2D eigenvalue weighted by atomic mass is 10.0. The molecule has 0 unspecified atom stereocenters. The Morgan fingerprint density at radius 1 is 1.15 bits per heavy atom. The molecule has 0 radical (unpaired) electrons. The second kappa shape index (κ2) is 7.17. The Morgan fingerprint density at radius 2 is 1.96 bits per heavy atom. The van der Waals surface area contributed by atoms with Crippen LogP contribution in [-0.4, -0.2) is 28.9 Å². The van der Waals surface area contributed by atoms with Crippen molar-refractivity contribution >= 4 is 33.1 Å². The van der Waals surface area contributed by atoms with Gasteiger partial charge < -0.3 is 5.32 Å². The highest BCUT2D eigenvalue weighted by Crippen LogP contribution is 2.28. The third kappa shape index (κ3) is 3.50. The maximum atomic E-state index is 11.3. The summed E-state index contributed by atoms with van der Waals surface area (Å²) in [5, 5.41) is 2.89. The summed E-state index contributed by atoms with van der Waals surface area (Å²) in [5.74, 6) is -0.0220. The van der Waals surface area contributed by atoms with Crippen molar-refractivity contribution in [3.63, 3.8) is 0 Å². The molecule has 2 heterocycles. The molecule has 0 spiro atoms. The zero-order valence-electron chi connectivity index (χ0n) is 15.2.